The summed E-state index contributed by atoms with van der Waals surface area (Å²) in [7, 11) is 0. The summed E-state index contributed by atoms with van der Waals surface area (Å²) in [6.07, 6.45) is 11.4. The highest BCUT2D eigenvalue weighted by Crippen LogP contribution is 2.48. The van der Waals surface area contributed by atoms with Crippen molar-refractivity contribution in [3.63, 3.8) is 0 Å². The highest BCUT2D eigenvalue weighted by Gasteiger charge is 2.53. The number of hydrogen-bond donors (Lipinski definition) is 0. The van der Waals surface area contributed by atoms with Crippen LogP contribution in [0.3, 0.4) is 0 Å². The summed E-state index contributed by atoms with van der Waals surface area (Å²) in [5, 5.41) is 0. The van der Waals surface area contributed by atoms with Crippen LogP contribution in [0.15, 0.2) is 23.8 Å². The van der Waals surface area contributed by atoms with E-state index in [2.05, 4.69) is 40.3 Å². The molecule has 0 amide bonds. The highest BCUT2D eigenvalue weighted by molar-refractivity contribution is 5.10. The zero-order chi connectivity index (χ0) is 16.0. The molecule has 2 heteroatoms. The van der Waals surface area contributed by atoms with Crippen molar-refractivity contribution in [2.45, 2.75) is 96.1 Å². The first-order valence-corrected chi connectivity index (χ1v) is 8.99. The Morgan fingerprint density at radius 2 is 1.82 bits per heavy atom. The third-order valence-electron chi connectivity index (χ3n) is 6.19. The molecule has 0 N–H and O–H groups in total. The lowest BCUT2D eigenvalue weighted by molar-refractivity contribution is 0.269. The lowest BCUT2D eigenvalue weighted by atomic mass is 9.84. The van der Waals surface area contributed by atoms with Crippen molar-refractivity contribution in [2.24, 2.45) is 5.92 Å². The smallest absolute Gasteiger partial charge is 0.0923 e. The van der Waals surface area contributed by atoms with Gasteiger partial charge in [0.2, 0.25) is 0 Å². The van der Waals surface area contributed by atoms with Crippen molar-refractivity contribution in [3.8, 4) is 0 Å². The zero-order valence-corrected chi connectivity index (χ0v) is 14.8. The van der Waals surface area contributed by atoms with Crippen LogP contribution in [0.25, 0.3) is 0 Å². The molecule has 2 saturated heterocycles. The molecule has 5 atom stereocenters. The summed E-state index contributed by atoms with van der Waals surface area (Å²) in [6, 6.07) is 0. The minimum Gasteiger partial charge on any atom is -0.366 e. The van der Waals surface area contributed by atoms with Crippen molar-refractivity contribution in [2.75, 3.05) is 0 Å². The maximum absolute atomic E-state index is 6.06. The van der Waals surface area contributed by atoms with Gasteiger partial charge in [0, 0.05) is 0 Å². The summed E-state index contributed by atoms with van der Waals surface area (Å²) in [4.78, 5) is 0. The fourth-order valence-corrected chi connectivity index (χ4v) is 4.03. The largest absolute Gasteiger partial charge is 0.366 e. The number of allylic oxidation sites excluding steroid dienone is 3. The van der Waals surface area contributed by atoms with Crippen molar-refractivity contribution in [1.82, 2.24) is 0 Å². The Hall–Kier alpha value is -0.600. The van der Waals surface area contributed by atoms with E-state index in [4.69, 9.17) is 9.47 Å². The van der Waals surface area contributed by atoms with Gasteiger partial charge in [-0.1, -0.05) is 23.8 Å². The second-order valence-corrected chi connectivity index (χ2v) is 8.28. The monoisotopic (exact) mass is 304 g/mol. The summed E-state index contributed by atoms with van der Waals surface area (Å²) in [6.45, 7) is 13.2. The second kappa shape index (κ2) is 5.79. The van der Waals surface area contributed by atoms with Gasteiger partial charge in [0.25, 0.3) is 0 Å². The first-order valence-electron chi connectivity index (χ1n) is 8.99. The molecular formula is C20H32O2. The molecule has 2 nitrogen and oxygen atoms in total. The van der Waals surface area contributed by atoms with Gasteiger partial charge in [-0.05, 0) is 78.6 Å². The van der Waals surface area contributed by atoms with E-state index < -0.39 is 0 Å². The van der Waals surface area contributed by atoms with Crippen LogP contribution in [0.1, 0.15) is 72.6 Å². The number of epoxide rings is 2. The molecule has 2 fully saturated rings. The molecular weight excluding hydrogens is 272 g/mol. The molecule has 0 saturated carbocycles. The number of fused-ring (bicyclic) bond motifs is 2. The molecule has 0 aromatic carbocycles. The molecule has 0 unspecified atom stereocenters. The molecule has 0 aromatic rings. The lowest BCUT2D eigenvalue weighted by Gasteiger charge is -2.18. The molecule has 0 spiro atoms. The maximum Gasteiger partial charge on any atom is 0.0923 e. The average Bonchev–Trinajstić information content (AvgIpc) is 3.28. The number of hydrogen-bond acceptors (Lipinski definition) is 2. The lowest BCUT2D eigenvalue weighted by Crippen LogP contribution is -2.17. The first-order chi connectivity index (χ1) is 10.3. The van der Waals surface area contributed by atoms with Crippen molar-refractivity contribution < 1.29 is 9.47 Å². The minimum atomic E-state index is 0.108. The normalized spacial score (nSPS) is 48.2. The maximum atomic E-state index is 6.06. The molecule has 2 aliphatic heterocycles. The Morgan fingerprint density at radius 3 is 2.55 bits per heavy atom. The van der Waals surface area contributed by atoms with Gasteiger partial charge in [0.1, 0.15) is 0 Å². The van der Waals surface area contributed by atoms with E-state index in [1.165, 1.54) is 30.4 Å². The first kappa shape index (κ1) is 16.3. The fraction of sp³-hybridized carbons (Fsp3) is 0.800. The van der Waals surface area contributed by atoms with Crippen LogP contribution in [0.5, 0.6) is 0 Å². The molecule has 0 radical (unpaired) electrons. The van der Waals surface area contributed by atoms with Gasteiger partial charge in [-0.25, -0.2) is 0 Å². The van der Waals surface area contributed by atoms with E-state index in [1.54, 1.807) is 0 Å². The fourth-order valence-electron chi connectivity index (χ4n) is 4.03. The van der Waals surface area contributed by atoms with Gasteiger partial charge in [0.15, 0.2) is 0 Å². The van der Waals surface area contributed by atoms with Crippen molar-refractivity contribution in [1.29, 1.82) is 0 Å². The predicted molar refractivity (Wildman–Crippen MR) is 90.9 cm³/mol. The van der Waals surface area contributed by atoms with Crippen LogP contribution in [0.2, 0.25) is 0 Å². The number of ether oxygens (including phenoxy) is 2. The van der Waals surface area contributed by atoms with Crippen LogP contribution in [0, 0.1) is 5.92 Å². The molecule has 3 aliphatic rings. The van der Waals surface area contributed by atoms with Gasteiger partial charge in [-0.15, -0.1) is 0 Å². The van der Waals surface area contributed by atoms with Crippen LogP contribution in [-0.4, -0.2) is 23.4 Å². The topological polar surface area (TPSA) is 25.1 Å². The van der Waals surface area contributed by atoms with Gasteiger partial charge in [0.05, 0.1) is 23.4 Å². The van der Waals surface area contributed by atoms with E-state index in [1.807, 2.05) is 0 Å². The summed E-state index contributed by atoms with van der Waals surface area (Å²) < 4.78 is 12.1. The SMILES string of the molecule is C=C(C)[C@@H]1CC[C@]2(C)O[C@H]2CC/C(C)=C/CC[C@]2(C)O[C@H]2C1. The van der Waals surface area contributed by atoms with E-state index in [0.29, 0.717) is 18.1 Å². The van der Waals surface area contributed by atoms with Crippen LogP contribution in [-0.2, 0) is 9.47 Å². The Balaban J connectivity index is 1.69. The Morgan fingerprint density at radius 1 is 1.14 bits per heavy atom. The third-order valence-corrected chi connectivity index (χ3v) is 6.19. The van der Waals surface area contributed by atoms with E-state index in [0.717, 1.165) is 25.7 Å². The third kappa shape index (κ3) is 3.49. The Bertz CT molecular complexity index is 480. The van der Waals surface area contributed by atoms with E-state index in [-0.39, 0.29) is 11.2 Å². The number of rotatable bonds is 1. The van der Waals surface area contributed by atoms with Crippen LogP contribution >= 0.6 is 0 Å². The van der Waals surface area contributed by atoms with Gasteiger partial charge < -0.3 is 9.47 Å². The molecule has 2 heterocycles. The van der Waals surface area contributed by atoms with E-state index >= 15 is 0 Å². The quantitative estimate of drug-likeness (QED) is 0.492. The van der Waals surface area contributed by atoms with E-state index in [9.17, 15) is 0 Å². The standard InChI is InChI=1S/C20H32O2/c1-14(2)16-10-12-20(5)17(21-20)9-8-15(3)7-6-11-19(4)18(13-16)22-19/h7,16-18H,1,6,8-13H2,2-5H3/b15-7+/t16-,17+,18+,19+,20+/m1/s1. The van der Waals surface area contributed by atoms with Gasteiger partial charge in [-0.2, -0.15) is 0 Å². The minimum absolute atomic E-state index is 0.108. The molecule has 124 valence electrons. The average molecular weight is 304 g/mol. The summed E-state index contributed by atoms with van der Waals surface area (Å²) in [5.41, 5.74) is 3.04. The van der Waals surface area contributed by atoms with Crippen LogP contribution in [0.4, 0.5) is 0 Å². The molecule has 0 bridgehead atoms. The Kier molecular flexibility index (Phi) is 4.28. The summed E-state index contributed by atoms with van der Waals surface area (Å²) in [5.74, 6) is 0.578. The molecule has 22 heavy (non-hydrogen) atoms. The molecule has 3 rings (SSSR count). The predicted octanol–water partition coefficient (Wildman–Crippen LogP) is 5.18. The molecule has 1 aliphatic carbocycles. The summed E-state index contributed by atoms with van der Waals surface area (Å²) >= 11 is 0. The van der Waals surface area contributed by atoms with Gasteiger partial charge in [-0.3, -0.25) is 0 Å². The second-order valence-electron chi connectivity index (χ2n) is 8.28. The van der Waals surface area contributed by atoms with Crippen molar-refractivity contribution in [3.05, 3.63) is 23.8 Å². The Labute approximate surface area is 136 Å². The van der Waals surface area contributed by atoms with Crippen LogP contribution < -0.4 is 0 Å². The zero-order valence-electron chi connectivity index (χ0n) is 14.8. The highest BCUT2D eigenvalue weighted by atomic mass is 16.6. The molecule has 0 aromatic heterocycles. The van der Waals surface area contributed by atoms with Gasteiger partial charge >= 0.3 is 0 Å². The van der Waals surface area contributed by atoms with Crippen molar-refractivity contribution >= 4 is 0 Å².